The molecule has 1 aliphatic rings. The molecular weight excluding hydrogens is 270 g/mol. The second-order valence-electron chi connectivity index (χ2n) is 5.08. The molecule has 0 amide bonds. The van der Waals surface area contributed by atoms with Gasteiger partial charge < -0.3 is 14.7 Å². The molecule has 1 atom stereocenters. The zero-order valence-electron chi connectivity index (χ0n) is 12.2. The van der Waals surface area contributed by atoms with Gasteiger partial charge in [-0.2, -0.15) is 0 Å². The Balaban J connectivity index is 2.11. The average molecular weight is 291 g/mol. The largest absolute Gasteiger partial charge is 0.457 e. The van der Waals surface area contributed by atoms with Crippen LogP contribution in [0.4, 0.5) is 0 Å². The van der Waals surface area contributed by atoms with Gasteiger partial charge in [0.15, 0.2) is 0 Å². The number of ether oxygens (including phenoxy) is 1. The monoisotopic (exact) mass is 291 g/mol. The fourth-order valence-corrected chi connectivity index (χ4v) is 2.50. The molecule has 0 heterocycles. The van der Waals surface area contributed by atoms with Crippen molar-refractivity contribution >= 4 is 11.8 Å². The highest BCUT2D eigenvalue weighted by molar-refractivity contribution is 7.98. The Labute approximate surface area is 124 Å². The highest BCUT2D eigenvalue weighted by Gasteiger charge is 2.16. The number of nitrogens with zero attached hydrogens (tertiary/aromatic N) is 1. The molecule has 0 aliphatic heterocycles. The molecule has 0 saturated heterocycles. The predicted octanol–water partition coefficient (Wildman–Crippen LogP) is 2.92. The molecule has 2 rings (SSSR count). The molecule has 20 heavy (non-hydrogen) atoms. The molecule has 1 aliphatic carbocycles. The Kier molecular flexibility index (Phi) is 5.29. The van der Waals surface area contributed by atoms with E-state index in [1.807, 2.05) is 50.5 Å². The maximum Gasteiger partial charge on any atom is 0.127 e. The van der Waals surface area contributed by atoms with E-state index in [4.69, 9.17) is 4.74 Å². The van der Waals surface area contributed by atoms with Gasteiger partial charge in [0.1, 0.15) is 11.5 Å². The van der Waals surface area contributed by atoms with E-state index in [2.05, 4.69) is 11.2 Å². The summed E-state index contributed by atoms with van der Waals surface area (Å²) in [4.78, 5) is 3.28. The first-order chi connectivity index (χ1) is 9.58. The normalized spacial score (nSPS) is 18.8. The van der Waals surface area contributed by atoms with Crippen molar-refractivity contribution in [3.8, 4) is 5.75 Å². The lowest BCUT2D eigenvalue weighted by atomic mass is 10.0. The van der Waals surface area contributed by atoms with E-state index in [0.717, 1.165) is 23.6 Å². The fraction of sp³-hybridized carbons (Fsp3) is 0.375. The van der Waals surface area contributed by atoms with Gasteiger partial charge >= 0.3 is 0 Å². The Hall–Kier alpha value is -1.23. The van der Waals surface area contributed by atoms with E-state index < -0.39 is 6.10 Å². The fourth-order valence-electron chi connectivity index (χ4n) is 2.09. The lowest BCUT2D eigenvalue weighted by molar-refractivity contribution is 0.219. The average Bonchev–Trinajstić information content (AvgIpc) is 2.42. The molecular formula is C16H21NO2S. The van der Waals surface area contributed by atoms with Gasteiger partial charge in [-0.15, -0.1) is 11.8 Å². The van der Waals surface area contributed by atoms with Gasteiger partial charge in [-0.3, -0.25) is 0 Å². The molecule has 0 radical (unpaired) electrons. The van der Waals surface area contributed by atoms with Crippen LogP contribution in [0.3, 0.4) is 0 Å². The highest BCUT2D eigenvalue weighted by Crippen LogP contribution is 2.25. The third kappa shape index (κ3) is 4.13. The van der Waals surface area contributed by atoms with Gasteiger partial charge in [0, 0.05) is 17.0 Å². The van der Waals surface area contributed by atoms with Crippen molar-refractivity contribution in [3.05, 3.63) is 47.7 Å². The van der Waals surface area contributed by atoms with E-state index in [0.29, 0.717) is 6.42 Å². The molecule has 4 heteroatoms. The summed E-state index contributed by atoms with van der Waals surface area (Å²) in [7, 11) is 4.01. The first-order valence-electron chi connectivity index (χ1n) is 6.64. The minimum absolute atomic E-state index is 0.406. The summed E-state index contributed by atoms with van der Waals surface area (Å²) in [5, 5.41) is 9.75. The first-order valence-corrected chi connectivity index (χ1v) is 7.87. The number of thioether (sulfide) groups is 1. The summed E-state index contributed by atoms with van der Waals surface area (Å²) < 4.78 is 5.96. The molecule has 0 bridgehead atoms. The second kappa shape index (κ2) is 6.97. The van der Waals surface area contributed by atoms with Gasteiger partial charge in [0.05, 0.1) is 6.10 Å². The Morgan fingerprint density at radius 3 is 2.60 bits per heavy atom. The number of aliphatic hydroxyl groups excluding tert-OH is 1. The summed E-state index contributed by atoms with van der Waals surface area (Å²) >= 11 is 1.71. The zero-order valence-corrected chi connectivity index (χ0v) is 13.0. The smallest absolute Gasteiger partial charge is 0.127 e. The quantitative estimate of drug-likeness (QED) is 0.846. The molecule has 0 aromatic heterocycles. The minimum atomic E-state index is -0.406. The van der Waals surface area contributed by atoms with Gasteiger partial charge in [-0.1, -0.05) is 0 Å². The van der Waals surface area contributed by atoms with Crippen LogP contribution >= 0.6 is 11.8 Å². The summed E-state index contributed by atoms with van der Waals surface area (Å²) in [6, 6.07) is 8.05. The van der Waals surface area contributed by atoms with Gasteiger partial charge in [-0.25, -0.2) is 0 Å². The third-order valence-electron chi connectivity index (χ3n) is 3.03. The van der Waals surface area contributed by atoms with E-state index in [-0.39, 0.29) is 0 Å². The zero-order chi connectivity index (χ0) is 14.5. The number of hydrogen-bond donors (Lipinski definition) is 1. The van der Waals surface area contributed by atoms with Gasteiger partial charge in [0.25, 0.3) is 0 Å². The van der Waals surface area contributed by atoms with Crippen LogP contribution in [0.5, 0.6) is 5.75 Å². The second-order valence-corrected chi connectivity index (χ2v) is 5.96. The molecule has 108 valence electrons. The van der Waals surface area contributed by atoms with E-state index in [9.17, 15) is 5.11 Å². The highest BCUT2D eigenvalue weighted by atomic mass is 32.2. The van der Waals surface area contributed by atoms with Crippen molar-refractivity contribution < 1.29 is 9.84 Å². The molecule has 0 saturated carbocycles. The van der Waals surface area contributed by atoms with Crippen molar-refractivity contribution in [2.75, 3.05) is 26.9 Å². The van der Waals surface area contributed by atoms with Crippen LogP contribution in [0.2, 0.25) is 0 Å². The number of hydrogen-bond acceptors (Lipinski definition) is 4. The standard InChI is InChI=1S/C16H21NO2S/c1-17(2)11-12-10-13(18)4-9-16(12)19-14-5-7-15(20-3)8-6-14/h5-10,13,18H,4,11H2,1-3H3. The van der Waals surface area contributed by atoms with Crippen molar-refractivity contribution in [2.24, 2.45) is 0 Å². The molecule has 0 spiro atoms. The summed E-state index contributed by atoms with van der Waals surface area (Å²) in [6.45, 7) is 0.756. The van der Waals surface area contributed by atoms with Crippen LogP contribution in [0.1, 0.15) is 6.42 Å². The lowest BCUT2D eigenvalue weighted by Gasteiger charge is -2.22. The van der Waals surface area contributed by atoms with Crippen LogP contribution in [0.25, 0.3) is 0 Å². The van der Waals surface area contributed by atoms with Gasteiger partial charge in [0.2, 0.25) is 0 Å². The molecule has 1 aromatic rings. The van der Waals surface area contributed by atoms with Crippen molar-refractivity contribution in [1.29, 1.82) is 0 Å². The van der Waals surface area contributed by atoms with E-state index in [1.165, 1.54) is 4.90 Å². The summed E-state index contributed by atoms with van der Waals surface area (Å²) in [5.41, 5.74) is 1.03. The van der Waals surface area contributed by atoms with Crippen LogP contribution in [0, 0.1) is 0 Å². The SMILES string of the molecule is CSc1ccc(OC2=CCC(O)C=C2CN(C)C)cc1. The van der Waals surface area contributed by atoms with Crippen molar-refractivity contribution in [2.45, 2.75) is 17.4 Å². The molecule has 3 nitrogen and oxygen atoms in total. The Bertz CT molecular complexity index is 506. The number of benzene rings is 1. The van der Waals surface area contributed by atoms with E-state index >= 15 is 0 Å². The van der Waals surface area contributed by atoms with Crippen LogP contribution in [-0.2, 0) is 0 Å². The summed E-state index contributed by atoms with van der Waals surface area (Å²) in [6.07, 6.45) is 6.10. The molecule has 1 unspecified atom stereocenters. The van der Waals surface area contributed by atoms with Crippen LogP contribution < -0.4 is 4.74 Å². The maximum absolute atomic E-state index is 9.75. The van der Waals surface area contributed by atoms with Crippen LogP contribution in [0.15, 0.2) is 52.6 Å². The number of likely N-dealkylation sites (N-methyl/N-ethyl adjacent to an activating group) is 1. The van der Waals surface area contributed by atoms with Gasteiger partial charge in [-0.05, 0) is 63.2 Å². The molecule has 1 N–H and O–H groups in total. The topological polar surface area (TPSA) is 32.7 Å². The number of aliphatic hydroxyl groups is 1. The Morgan fingerprint density at radius 2 is 2.00 bits per heavy atom. The lowest BCUT2D eigenvalue weighted by Crippen LogP contribution is -2.21. The summed E-state index contributed by atoms with van der Waals surface area (Å²) in [5.74, 6) is 1.68. The van der Waals surface area contributed by atoms with Crippen molar-refractivity contribution in [3.63, 3.8) is 0 Å². The molecule has 0 fully saturated rings. The molecule has 1 aromatic carbocycles. The predicted molar refractivity (Wildman–Crippen MR) is 84.2 cm³/mol. The third-order valence-corrected chi connectivity index (χ3v) is 3.77. The number of rotatable bonds is 5. The van der Waals surface area contributed by atoms with Crippen LogP contribution in [-0.4, -0.2) is 43.0 Å². The first kappa shape index (κ1) is 15.2. The Morgan fingerprint density at radius 1 is 1.30 bits per heavy atom. The minimum Gasteiger partial charge on any atom is -0.457 e. The van der Waals surface area contributed by atoms with Crippen molar-refractivity contribution in [1.82, 2.24) is 4.90 Å². The van der Waals surface area contributed by atoms with E-state index in [1.54, 1.807) is 11.8 Å². The maximum atomic E-state index is 9.75.